The molecule has 0 unspecified atom stereocenters. The summed E-state index contributed by atoms with van der Waals surface area (Å²) in [6.07, 6.45) is 0. The summed E-state index contributed by atoms with van der Waals surface area (Å²) < 4.78 is 0. The van der Waals surface area contributed by atoms with E-state index in [1.54, 1.807) is 11.9 Å². The molecule has 2 aromatic carbocycles. The van der Waals surface area contributed by atoms with E-state index in [1.807, 2.05) is 55.5 Å². The molecular formula is C17H18N2OS. The van der Waals surface area contributed by atoms with Crippen molar-refractivity contribution in [2.75, 3.05) is 7.05 Å². The molecule has 0 aromatic heterocycles. The van der Waals surface area contributed by atoms with Gasteiger partial charge >= 0.3 is 0 Å². The summed E-state index contributed by atoms with van der Waals surface area (Å²) in [5.41, 5.74) is 9.16. The van der Waals surface area contributed by atoms with Gasteiger partial charge in [-0.25, -0.2) is 0 Å². The van der Waals surface area contributed by atoms with E-state index in [2.05, 4.69) is 0 Å². The largest absolute Gasteiger partial charge is 0.389 e. The molecule has 108 valence electrons. The number of aryl methyl sites for hydroxylation is 1. The molecule has 2 aromatic rings. The summed E-state index contributed by atoms with van der Waals surface area (Å²) in [5.74, 6) is 0.00817. The van der Waals surface area contributed by atoms with Crippen LogP contribution in [0.5, 0.6) is 0 Å². The Morgan fingerprint density at radius 1 is 1.19 bits per heavy atom. The van der Waals surface area contributed by atoms with E-state index >= 15 is 0 Å². The van der Waals surface area contributed by atoms with Gasteiger partial charge in [-0.05, 0) is 30.2 Å². The number of nitrogens with two attached hydrogens (primary N) is 1. The molecule has 0 heterocycles. The molecule has 0 aliphatic heterocycles. The monoisotopic (exact) mass is 298 g/mol. The minimum atomic E-state index is 0.00817. The molecule has 2 N–H and O–H groups in total. The Morgan fingerprint density at radius 2 is 1.90 bits per heavy atom. The van der Waals surface area contributed by atoms with Gasteiger partial charge in [0.05, 0.1) is 0 Å². The number of nitrogens with zero attached hydrogens (tertiary/aromatic N) is 1. The van der Waals surface area contributed by atoms with Crippen molar-refractivity contribution in [2.24, 2.45) is 5.73 Å². The van der Waals surface area contributed by atoms with Gasteiger partial charge in [-0.3, -0.25) is 4.79 Å². The van der Waals surface area contributed by atoms with Crippen LogP contribution in [-0.4, -0.2) is 22.8 Å². The standard InChI is InChI=1S/C17H18N2OS/c1-12-6-3-4-9-15(12)17(20)19(2)11-13-7-5-8-14(10-13)16(18)21/h3-10H,11H2,1-2H3,(H2,18,21). The summed E-state index contributed by atoms with van der Waals surface area (Å²) in [7, 11) is 1.79. The average Bonchev–Trinajstić information content (AvgIpc) is 2.47. The normalized spacial score (nSPS) is 10.2. The molecule has 4 heteroatoms. The number of carbonyl (C=O) groups is 1. The maximum absolute atomic E-state index is 12.5. The molecule has 0 saturated heterocycles. The second kappa shape index (κ2) is 6.50. The fourth-order valence-corrected chi connectivity index (χ4v) is 2.31. The van der Waals surface area contributed by atoms with Crippen molar-refractivity contribution in [1.82, 2.24) is 4.90 Å². The van der Waals surface area contributed by atoms with Crippen molar-refractivity contribution in [2.45, 2.75) is 13.5 Å². The average molecular weight is 298 g/mol. The van der Waals surface area contributed by atoms with Gasteiger partial charge in [-0.2, -0.15) is 0 Å². The Balaban J connectivity index is 2.16. The third-order valence-electron chi connectivity index (χ3n) is 3.35. The minimum absolute atomic E-state index is 0.00817. The number of rotatable bonds is 4. The van der Waals surface area contributed by atoms with Gasteiger partial charge in [-0.15, -0.1) is 0 Å². The molecule has 2 rings (SSSR count). The predicted octanol–water partition coefficient (Wildman–Crippen LogP) is 2.90. The Bertz CT molecular complexity index is 682. The summed E-state index contributed by atoms with van der Waals surface area (Å²) >= 11 is 4.98. The zero-order valence-corrected chi connectivity index (χ0v) is 13.0. The fourth-order valence-electron chi connectivity index (χ4n) is 2.19. The van der Waals surface area contributed by atoms with Crippen LogP contribution in [0.1, 0.15) is 27.0 Å². The molecule has 0 aliphatic carbocycles. The van der Waals surface area contributed by atoms with Gasteiger partial charge in [0.25, 0.3) is 5.91 Å². The molecule has 21 heavy (non-hydrogen) atoms. The molecule has 3 nitrogen and oxygen atoms in total. The van der Waals surface area contributed by atoms with Gasteiger partial charge < -0.3 is 10.6 Å². The Kier molecular flexibility index (Phi) is 4.70. The van der Waals surface area contributed by atoms with E-state index in [4.69, 9.17) is 18.0 Å². The van der Waals surface area contributed by atoms with Crippen molar-refractivity contribution in [3.05, 3.63) is 70.8 Å². The van der Waals surface area contributed by atoms with Crippen molar-refractivity contribution in [1.29, 1.82) is 0 Å². The number of amides is 1. The maximum atomic E-state index is 12.5. The summed E-state index contributed by atoms with van der Waals surface area (Å²) in [6, 6.07) is 15.2. The molecule has 0 fully saturated rings. The number of hydrogen-bond donors (Lipinski definition) is 1. The summed E-state index contributed by atoms with van der Waals surface area (Å²) in [5, 5.41) is 0. The fraction of sp³-hybridized carbons (Fsp3) is 0.176. The summed E-state index contributed by atoms with van der Waals surface area (Å²) in [6.45, 7) is 2.46. The van der Waals surface area contributed by atoms with E-state index in [0.29, 0.717) is 11.5 Å². The van der Waals surface area contributed by atoms with Crippen LogP contribution in [0.25, 0.3) is 0 Å². The van der Waals surface area contributed by atoms with E-state index in [1.165, 1.54) is 0 Å². The Morgan fingerprint density at radius 3 is 2.57 bits per heavy atom. The molecule has 0 radical (unpaired) electrons. The summed E-state index contributed by atoms with van der Waals surface area (Å²) in [4.78, 5) is 14.5. The topological polar surface area (TPSA) is 46.3 Å². The molecule has 0 spiro atoms. The molecule has 0 aliphatic rings. The zero-order valence-electron chi connectivity index (χ0n) is 12.2. The van der Waals surface area contributed by atoms with Crippen LogP contribution >= 0.6 is 12.2 Å². The Hall–Kier alpha value is -2.20. The number of thiocarbonyl (C=S) groups is 1. The van der Waals surface area contributed by atoms with Crippen LogP contribution < -0.4 is 5.73 Å². The first-order chi connectivity index (χ1) is 9.99. The molecule has 0 saturated carbocycles. The predicted molar refractivity (Wildman–Crippen MR) is 89.3 cm³/mol. The van der Waals surface area contributed by atoms with Gasteiger partial charge in [0.2, 0.25) is 0 Å². The lowest BCUT2D eigenvalue weighted by molar-refractivity contribution is 0.0784. The van der Waals surface area contributed by atoms with Crippen molar-refractivity contribution in [3.63, 3.8) is 0 Å². The van der Waals surface area contributed by atoms with E-state index in [9.17, 15) is 4.79 Å². The van der Waals surface area contributed by atoms with Crippen LogP contribution in [-0.2, 0) is 6.54 Å². The highest BCUT2D eigenvalue weighted by Crippen LogP contribution is 2.13. The van der Waals surface area contributed by atoms with Crippen LogP contribution in [0.4, 0.5) is 0 Å². The molecule has 0 bridgehead atoms. The third kappa shape index (κ3) is 3.67. The highest BCUT2D eigenvalue weighted by Gasteiger charge is 2.14. The van der Waals surface area contributed by atoms with Gasteiger partial charge in [-0.1, -0.05) is 48.6 Å². The second-order valence-electron chi connectivity index (χ2n) is 5.04. The number of carbonyl (C=O) groups excluding carboxylic acids is 1. The molecule has 1 amide bonds. The smallest absolute Gasteiger partial charge is 0.254 e. The van der Waals surface area contributed by atoms with Crippen LogP contribution in [0.3, 0.4) is 0 Å². The van der Waals surface area contributed by atoms with Crippen LogP contribution in [0, 0.1) is 6.92 Å². The first-order valence-corrected chi connectivity index (χ1v) is 7.09. The Labute approximate surface area is 130 Å². The van der Waals surface area contributed by atoms with E-state index in [0.717, 1.165) is 22.3 Å². The highest BCUT2D eigenvalue weighted by atomic mass is 32.1. The quantitative estimate of drug-likeness (QED) is 0.883. The van der Waals surface area contributed by atoms with E-state index < -0.39 is 0 Å². The maximum Gasteiger partial charge on any atom is 0.254 e. The van der Waals surface area contributed by atoms with Crippen LogP contribution in [0.2, 0.25) is 0 Å². The minimum Gasteiger partial charge on any atom is -0.389 e. The first-order valence-electron chi connectivity index (χ1n) is 6.69. The van der Waals surface area contributed by atoms with Crippen molar-refractivity contribution >= 4 is 23.1 Å². The lowest BCUT2D eigenvalue weighted by Gasteiger charge is -2.19. The van der Waals surface area contributed by atoms with Gasteiger partial charge in [0.1, 0.15) is 4.99 Å². The lowest BCUT2D eigenvalue weighted by Crippen LogP contribution is -2.27. The van der Waals surface area contributed by atoms with Crippen molar-refractivity contribution in [3.8, 4) is 0 Å². The van der Waals surface area contributed by atoms with Crippen molar-refractivity contribution < 1.29 is 4.79 Å². The number of benzene rings is 2. The molecule has 0 atom stereocenters. The zero-order chi connectivity index (χ0) is 15.4. The number of hydrogen-bond acceptors (Lipinski definition) is 2. The highest BCUT2D eigenvalue weighted by molar-refractivity contribution is 7.80. The third-order valence-corrected chi connectivity index (χ3v) is 3.59. The molecular weight excluding hydrogens is 280 g/mol. The van der Waals surface area contributed by atoms with Gasteiger partial charge in [0.15, 0.2) is 0 Å². The van der Waals surface area contributed by atoms with Gasteiger partial charge in [0, 0.05) is 24.7 Å². The SMILES string of the molecule is Cc1ccccc1C(=O)N(C)Cc1cccc(C(N)=S)c1. The first kappa shape index (κ1) is 15.2. The van der Waals surface area contributed by atoms with E-state index in [-0.39, 0.29) is 5.91 Å². The lowest BCUT2D eigenvalue weighted by atomic mass is 10.1. The second-order valence-corrected chi connectivity index (χ2v) is 5.48. The van der Waals surface area contributed by atoms with Crippen LogP contribution in [0.15, 0.2) is 48.5 Å².